The van der Waals surface area contributed by atoms with Crippen molar-refractivity contribution in [3.8, 4) is 0 Å². The minimum Gasteiger partial charge on any atom is -0.273 e. The smallest absolute Gasteiger partial charge is 0.264 e. The molecule has 1 N–H and O–H groups in total. The van der Waals surface area contributed by atoms with E-state index in [1.807, 2.05) is 13.8 Å². The number of hydrogen-bond donors (Lipinski definition) is 1. The van der Waals surface area contributed by atoms with Crippen molar-refractivity contribution in [1.82, 2.24) is 4.72 Å². The number of amides is 1. The van der Waals surface area contributed by atoms with Gasteiger partial charge in [-0.25, -0.2) is 13.1 Å². The molecule has 0 aliphatic carbocycles. The zero-order chi connectivity index (χ0) is 20.4. The quantitative estimate of drug-likeness (QED) is 0.616. The van der Waals surface area contributed by atoms with E-state index in [2.05, 4.69) is 20.7 Å². The van der Waals surface area contributed by atoms with Crippen LogP contribution in [0.1, 0.15) is 42.9 Å². The summed E-state index contributed by atoms with van der Waals surface area (Å²) < 4.78 is 28.9. The molecule has 0 radical (unpaired) electrons. The van der Waals surface area contributed by atoms with Crippen LogP contribution in [0.25, 0.3) is 0 Å². The van der Waals surface area contributed by atoms with Crippen molar-refractivity contribution in [3.63, 3.8) is 0 Å². The van der Waals surface area contributed by atoms with E-state index in [-0.39, 0.29) is 10.8 Å². The first kappa shape index (κ1) is 21.9. The standard InChI is InChI=1S/C20H23BrClNO3S/c1-12(2)9-18(15-5-7-17(22)8-6-15)20(24)23-27(25,26)19-13(3)10-16(21)11-14(19)4/h5-8,10-12,18H,9H2,1-4H3,(H,23,24). The third-order valence-electron chi connectivity index (χ3n) is 4.22. The average Bonchev–Trinajstić information content (AvgIpc) is 2.51. The highest BCUT2D eigenvalue weighted by atomic mass is 79.9. The molecule has 1 amide bonds. The molecular weight excluding hydrogens is 450 g/mol. The van der Waals surface area contributed by atoms with Crippen molar-refractivity contribution in [3.05, 3.63) is 62.6 Å². The van der Waals surface area contributed by atoms with Crippen molar-refractivity contribution in [2.45, 2.75) is 44.9 Å². The van der Waals surface area contributed by atoms with Crippen molar-refractivity contribution in [2.24, 2.45) is 5.92 Å². The zero-order valence-corrected chi connectivity index (χ0v) is 18.9. The Morgan fingerprint density at radius 1 is 1.11 bits per heavy atom. The highest BCUT2D eigenvalue weighted by molar-refractivity contribution is 9.10. The lowest BCUT2D eigenvalue weighted by Gasteiger charge is -2.20. The lowest BCUT2D eigenvalue weighted by Crippen LogP contribution is -2.36. The summed E-state index contributed by atoms with van der Waals surface area (Å²) in [5.74, 6) is -0.892. The third kappa shape index (κ3) is 5.56. The van der Waals surface area contributed by atoms with Gasteiger partial charge in [0.05, 0.1) is 10.8 Å². The van der Waals surface area contributed by atoms with Gasteiger partial charge >= 0.3 is 0 Å². The van der Waals surface area contributed by atoms with E-state index in [9.17, 15) is 13.2 Å². The number of benzene rings is 2. The molecule has 1 unspecified atom stereocenters. The van der Waals surface area contributed by atoms with Crippen molar-refractivity contribution in [2.75, 3.05) is 0 Å². The summed E-state index contributed by atoms with van der Waals surface area (Å²) >= 11 is 9.29. The SMILES string of the molecule is Cc1cc(Br)cc(C)c1S(=O)(=O)NC(=O)C(CC(C)C)c1ccc(Cl)cc1. The summed E-state index contributed by atoms with van der Waals surface area (Å²) in [6.45, 7) is 7.41. The molecule has 7 heteroatoms. The van der Waals surface area contributed by atoms with Crippen LogP contribution in [-0.2, 0) is 14.8 Å². The molecule has 0 bridgehead atoms. The van der Waals surface area contributed by atoms with Gasteiger partial charge in [0.2, 0.25) is 5.91 Å². The molecule has 0 saturated carbocycles. The number of carbonyl (C=O) groups excluding carboxylic acids is 1. The lowest BCUT2D eigenvalue weighted by atomic mass is 9.90. The largest absolute Gasteiger partial charge is 0.273 e. The normalized spacial score (nSPS) is 12.9. The fourth-order valence-electron chi connectivity index (χ4n) is 3.14. The van der Waals surface area contributed by atoms with Gasteiger partial charge in [-0.15, -0.1) is 0 Å². The molecule has 2 rings (SSSR count). The summed E-state index contributed by atoms with van der Waals surface area (Å²) in [6, 6.07) is 10.4. The molecule has 0 aliphatic heterocycles. The Balaban J connectivity index is 2.37. The second-order valence-electron chi connectivity index (χ2n) is 7.07. The van der Waals surface area contributed by atoms with Gasteiger partial charge < -0.3 is 0 Å². The number of rotatable bonds is 6. The number of nitrogens with one attached hydrogen (secondary N) is 1. The molecule has 1 atom stereocenters. The summed E-state index contributed by atoms with van der Waals surface area (Å²) in [7, 11) is -3.98. The maximum absolute atomic E-state index is 12.9. The number of sulfonamides is 1. The molecular formula is C20H23BrClNO3S. The first-order valence-corrected chi connectivity index (χ1v) is 11.3. The molecule has 0 aliphatic rings. The fourth-order valence-corrected chi connectivity index (χ4v) is 5.42. The molecule has 4 nitrogen and oxygen atoms in total. The predicted octanol–water partition coefficient (Wildman–Crippen LogP) is 5.35. The van der Waals surface area contributed by atoms with Crippen LogP contribution in [0.4, 0.5) is 0 Å². The third-order valence-corrected chi connectivity index (χ3v) is 6.59. The maximum Gasteiger partial charge on any atom is 0.264 e. The number of carbonyl (C=O) groups is 1. The van der Waals surface area contributed by atoms with Crippen LogP contribution in [0.5, 0.6) is 0 Å². The van der Waals surface area contributed by atoms with Gasteiger partial charge in [0.25, 0.3) is 10.0 Å². The van der Waals surface area contributed by atoms with Gasteiger partial charge in [0, 0.05) is 9.50 Å². The Morgan fingerprint density at radius 3 is 2.11 bits per heavy atom. The van der Waals surface area contributed by atoms with Crippen LogP contribution in [0.15, 0.2) is 45.8 Å². The van der Waals surface area contributed by atoms with E-state index in [1.54, 1.807) is 50.2 Å². The fraction of sp³-hybridized carbons (Fsp3) is 0.350. The van der Waals surface area contributed by atoms with Gasteiger partial charge in [0.15, 0.2) is 0 Å². The van der Waals surface area contributed by atoms with Crippen LogP contribution in [0.3, 0.4) is 0 Å². The second-order valence-corrected chi connectivity index (χ2v) is 10.0. The summed E-state index contributed by atoms with van der Waals surface area (Å²) in [5, 5.41) is 0.566. The van der Waals surface area contributed by atoms with Crippen molar-refractivity contribution in [1.29, 1.82) is 0 Å². The molecule has 0 spiro atoms. The van der Waals surface area contributed by atoms with Crippen LogP contribution in [0.2, 0.25) is 5.02 Å². The minimum absolute atomic E-state index is 0.137. The Bertz CT molecular complexity index is 917. The molecule has 0 aromatic heterocycles. The highest BCUT2D eigenvalue weighted by Gasteiger charge is 2.28. The average molecular weight is 473 g/mol. The van der Waals surface area contributed by atoms with E-state index in [0.717, 1.165) is 10.0 Å². The monoisotopic (exact) mass is 471 g/mol. The van der Waals surface area contributed by atoms with E-state index >= 15 is 0 Å². The molecule has 27 heavy (non-hydrogen) atoms. The molecule has 0 heterocycles. The van der Waals surface area contributed by atoms with E-state index in [1.165, 1.54) is 0 Å². The summed E-state index contributed by atoms with van der Waals surface area (Å²) in [6.07, 6.45) is 0.529. The topological polar surface area (TPSA) is 63.2 Å². The second kappa shape index (κ2) is 8.76. The van der Waals surface area contributed by atoms with Crippen molar-refractivity contribution < 1.29 is 13.2 Å². The van der Waals surface area contributed by atoms with Crippen molar-refractivity contribution >= 4 is 43.5 Å². The molecule has 2 aromatic carbocycles. The first-order valence-electron chi connectivity index (χ1n) is 8.60. The summed E-state index contributed by atoms with van der Waals surface area (Å²) in [4.78, 5) is 13.0. The van der Waals surface area contributed by atoms with E-state index in [0.29, 0.717) is 22.6 Å². The predicted molar refractivity (Wildman–Crippen MR) is 113 cm³/mol. The Kier molecular flexibility index (Phi) is 7.11. The number of aryl methyl sites for hydroxylation is 2. The molecule has 0 fully saturated rings. The van der Waals surface area contributed by atoms with E-state index < -0.39 is 21.8 Å². The van der Waals surface area contributed by atoms with E-state index in [4.69, 9.17) is 11.6 Å². The summed E-state index contributed by atoms with van der Waals surface area (Å²) in [5.41, 5.74) is 1.90. The zero-order valence-electron chi connectivity index (χ0n) is 15.7. The van der Waals surface area contributed by atoms with Crippen LogP contribution < -0.4 is 4.72 Å². The first-order chi connectivity index (χ1) is 12.5. The van der Waals surface area contributed by atoms with Gasteiger partial charge in [0.1, 0.15) is 0 Å². The van der Waals surface area contributed by atoms with Crippen LogP contribution in [-0.4, -0.2) is 14.3 Å². The molecule has 146 valence electrons. The van der Waals surface area contributed by atoms with Crippen LogP contribution in [0, 0.1) is 19.8 Å². The Morgan fingerprint density at radius 2 is 1.63 bits per heavy atom. The lowest BCUT2D eigenvalue weighted by molar-refractivity contribution is -0.121. The number of halogens is 2. The Labute approximate surface area is 174 Å². The number of hydrogen-bond acceptors (Lipinski definition) is 3. The highest BCUT2D eigenvalue weighted by Crippen LogP contribution is 2.28. The van der Waals surface area contributed by atoms with Gasteiger partial charge in [-0.2, -0.15) is 0 Å². The minimum atomic E-state index is -3.98. The Hall–Kier alpha value is -1.37. The van der Waals surface area contributed by atoms with Gasteiger partial charge in [-0.3, -0.25) is 4.79 Å². The molecule has 0 saturated heterocycles. The maximum atomic E-state index is 12.9. The molecule has 2 aromatic rings. The van der Waals surface area contributed by atoms with Crippen LogP contribution >= 0.6 is 27.5 Å². The van der Waals surface area contributed by atoms with Gasteiger partial charge in [-0.05, 0) is 67.1 Å². The van der Waals surface area contributed by atoms with Gasteiger partial charge in [-0.1, -0.05) is 53.5 Å².